The second-order valence-corrected chi connectivity index (χ2v) is 6.52. The second kappa shape index (κ2) is 7.68. The number of aryl methyl sites for hydroxylation is 1. The maximum Gasteiger partial charge on any atom is 0.290 e. The molecule has 0 saturated carbocycles. The van der Waals surface area contributed by atoms with Gasteiger partial charge >= 0.3 is 0 Å². The lowest BCUT2D eigenvalue weighted by atomic mass is 10.1. The van der Waals surface area contributed by atoms with E-state index >= 15 is 0 Å². The minimum absolute atomic E-state index is 0.168. The average molecular weight is 372 g/mol. The predicted molar refractivity (Wildman–Crippen MR) is 102 cm³/mol. The molecule has 3 nitrogen and oxygen atoms in total. The predicted octanol–water partition coefficient (Wildman–Crippen LogP) is 4.90. The number of hydrogen-bond donors (Lipinski definition) is 1. The number of carbonyl (C=O) groups is 1. The molecule has 0 fully saturated rings. The Kier molecular flexibility index (Phi) is 5.37. The van der Waals surface area contributed by atoms with Gasteiger partial charge < -0.3 is 5.32 Å². The zero-order valence-electron chi connectivity index (χ0n) is 13.7. The van der Waals surface area contributed by atoms with E-state index in [0.29, 0.717) is 15.7 Å². The Morgan fingerprint density at radius 2 is 1.72 bits per heavy atom. The lowest BCUT2D eigenvalue weighted by molar-refractivity contribution is -0.683. The summed E-state index contributed by atoms with van der Waals surface area (Å²) < 4.78 is 1.83. The SMILES string of the molecule is Cc1ccc(Cl)c(NC(=O)C[n+]2cccc(-c3ccccc3)c2)c1Cl. The van der Waals surface area contributed by atoms with Crippen LogP contribution in [-0.4, -0.2) is 5.91 Å². The first-order chi connectivity index (χ1) is 12.0. The highest BCUT2D eigenvalue weighted by Gasteiger charge is 2.15. The second-order valence-electron chi connectivity index (χ2n) is 5.73. The molecule has 0 aliphatic rings. The van der Waals surface area contributed by atoms with Gasteiger partial charge in [0.05, 0.1) is 15.7 Å². The number of carbonyl (C=O) groups excluding carboxylic acids is 1. The normalized spacial score (nSPS) is 10.5. The van der Waals surface area contributed by atoms with Gasteiger partial charge in [-0.3, -0.25) is 4.79 Å². The molecular weight excluding hydrogens is 355 g/mol. The number of pyridine rings is 1. The smallest absolute Gasteiger partial charge is 0.290 e. The van der Waals surface area contributed by atoms with Crippen LogP contribution in [0.3, 0.4) is 0 Å². The van der Waals surface area contributed by atoms with Crippen molar-refractivity contribution in [2.24, 2.45) is 0 Å². The van der Waals surface area contributed by atoms with Crippen molar-refractivity contribution in [2.75, 3.05) is 5.32 Å². The van der Waals surface area contributed by atoms with Crippen LogP contribution in [0.5, 0.6) is 0 Å². The van der Waals surface area contributed by atoms with Crippen LogP contribution in [0.2, 0.25) is 10.0 Å². The standard InChI is InChI=1S/C20H16Cl2N2O/c1-14-9-10-17(21)20(19(14)22)23-18(25)13-24-11-5-8-16(12-24)15-6-3-2-4-7-15/h2-12H,13H2,1H3/p+1. The highest BCUT2D eigenvalue weighted by Crippen LogP contribution is 2.32. The first-order valence-electron chi connectivity index (χ1n) is 7.83. The van der Waals surface area contributed by atoms with Crippen LogP contribution in [-0.2, 0) is 11.3 Å². The van der Waals surface area contributed by atoms with E-state index < -0.39 is 0 Å². The van der Waals surface area contributed by atoms with E-state index in [1.165, 1.54) is 0 Å². The molecule has 3 rings (SSSR count). The molecule has 0 atom stereocenters. The zero-order chi connectivity index (χ0) is 17.8. The lowest BCUT2D eigenvalue weighted by Crippen LogP contribution is -2.39. The molecule has 0 unspecified atom stereocenters. The van der Waals surface area contributed by atoms with Crippen molar-refractivity contribution < 1.29 is 9.36 Å². The molecule has 2 aromatic carbocycles. The fourth-order valence-electron chi connectivity index (χ4n) is 2.54. The minimum Gasteiger partial charge on any atom is -0.318 e. The fourth-order valence-corrected chi connectivity index (χ4v) is 3.00. The van der Waals surface area contributed by atoms with E-state index in [1.54, 1.807) is 6.07 Å². The molecule has 1 heterocycles. The zero-order valence-corrected chi connectivity index (χ0v) is 15.2. The quantitative estimate of drug-likeness (QED) is 0.650. The number of nitrogens with zero attached hydrogens (tertiary/aromatic N) is 1. The monoisotopic (exact) mass is 371 g/mol. The van der Waals surface area contributed by atoms with Crippen LogP contribution < -0.4 is 9.88 Å². The molecule has 3 aromatic rings. The van der Waals surface area contributed by atoms with Crippen molar-refractivity contribution in [1.29, 1.82) is 0 Å². The van der Waals surface area contributed by atoms with Gasteiger partial charge in [-0.25, -0.2) is 0 Å². The van der Waals surface area contributed by atoms with Gasteiger partial charge in [-0.2, -0.15) is 4.57 Å². The van der Waals surface area contributed by atoms with Gasteiger partial charge in [0, 0.05) is 11.6 Å². The molecular formula is C20H17Cl2N2O+. The van der Waals surface area contributed by atoms with Crippen molar-refractivity contribution in [3.8, 4) is 11.1 Å². The molecule has 1 N–H and O–H groups in total. The van der Waals surface area contributed by atoms with Crippen LogP contribution >= 0.6 is 23.2 Å². The third-order valence-electron chi connectivity index (χ3n) is 3.84. The van der Waals surface area contributed by atoms with Crippen LogP contribution in [0.15, 0.2) is 67.0 Å². The van der Waals surface area contributed by atoms with E-state index in [9.17, 15) is 4.79 Å². The molecule has 0 spiro atoms. The van der Waals surface area contributed by atoms with Crippen molar-refractivity contribution in [1.82, 2.24) is 0 Å². The first-order valence-corrected chi connectivity index (χ1v) is 8.59. The summed E-state index contributed by atoms with van der Waals surface area (Å²) in [5.74, 6) is -0.190. The summed E-state index contributed by atoms with van der Waals surface area (Å²) in [6, 6.07) is 17.5. The van der Waals surface area contributed by atoms with E-state index in [4.69, 9.17) is 23.2 Å². The van der Waals surface area contributed by atoms with E-state index in [2.05, 4.69) is 5.32 Å². The maximum absolute atomic E-state index is 12.4. The molecule has 1 aromatic heterocycles. The third-order valence-corrected chi connectivity index (χ3v) is 4.64. The van der Waals surface area contributed by atoms with Gasteiger partial charge in [0.15, 0.2) is 12.4 Å². The third kappa shape index (κ3) is 4.19. The summed E-state index contributed by atoms with van der Waals surface area (Å²) >= 11 is 12.4. The van der Waals surface area contributed by atoms with Crippen LogP contribution in [0.1, 0.15) is 5.56 Å². The van der Waals surface area contributed by atoms with Gasteiger partial charge in [-0.05, 0) is 30.2 Å². The summed E-state index contributed by atoms with van der Waals surface area (Å²) in [6.45, 7) is 2.04. The van der Waals surface area contributed by atoms with Crippen molar-refractivity contribution in [3.63, 3.8) is 0 Å². The number of anilines is 1. The lowest BCUT2D eigenvalue weighted by Gasteiger charge is -2.10. The molecule has 25 heavy (non-hydrogen) atoms. The largest absolute Gasteiger partial charge is 0.318 e. The number of halogens is 2. The first kappa shape index (κ1) is 17.5. The van der Waals surface area contributed by atoms with Crippen LogP contribution in [0.4, 0.5) is 5.69 Å². The Morgan fingerprint density at radius 3 is 2.48 bits per heavy atom. The fraction of sp³-hybridized carbons (Fsp3) is 0.100. The molecule has 126 valence electrons. The number of benzene rings is 2. The number of hydrogen-bond acceptors (Lipinski definition) is 1. The summed E-state index contributed by atoms with van der Waals surface area (Å²) in [4.78, 5) is 12.4. The highest BCUT2D eigenvalue weighted by atomic mass is 35.5. The number of aromatic nitrogens is 1. The van der Waals surface area contributed by atoms with E-state index in [-0.39, 0.29) is 12.5 Å². The Bertz CT molecular complexity index is 911. The summed E-state index contributed by atoms with van der Waals surface area (Å²) in [5, 5.41) is 3.69. The number of amides is 1. The minimum atomic E-state index is -0.190. The van der Waals surface area contributed by atoms with Crippen LogP contribution in [0.25, 0.3) is 11.1 Å². The molecule has 0 saturated heterocycles. The van der Waals surface area contributed by atoms with Gasteiger partial charge in [0.1, 0.15) is 0 Å². The highest BCUT2D eigenvalue weighted by molar-refractivity contribution is 6.40. The summed E-state index contributed by atoms with van der Waals surface area (Å²) in [5.41, 5.74) is 3.46. The van der Waals surface area contributed by atoms with E-state index in [1.807, 2.05) is 72.4 Å². The topological polar surface area (TPSA) is 33.0 Å². The molecule has 0 radical (unpaired) electrons. The molecule has 5 heteroatoms. The molecule has 0 bridgehead atoms. The average Bonchev–Trinajstić information content (AvgIpc) is 2.63. The number of nitrogens with one attached hydrogen (secondary N) is 1. The molecule has 0 aliphatic carbocycles. The van der Waals surface area contributed by atoms with Gasteiger partial charge in [-0.15, -0.1) is 0 Å². The Morgan fingerprint density at radius 1 is 1.00 bits per heavy atom. The Balaban J connectivity index is 1.77. The summed E-state index contributed by atoms with van der Waals surface area (Å²) in [6.07, 6.45) is 3.79. The summed E-state index contributed by atoms with van der Waals surface area (Å²) in [7, 11) is 0. The van der Waals surface area contributed by atoms with Gasteiger partial charge in [-0.1, -0.05) is 59.6 Å². The number of rotatable bonds is 4. The van der Waals surface area contributed by atoms with Crippen molar-refractivity contribution in [2.45, 2.75) is 13.5 Å². The van der Waals surface area contributed by atoms with E-state index in [0.717, 1.165) is 16.7 Å². The van der Waals surface area contributed by atoms with Gasteiger partial charge in [0.2, 0.25) is 6.54 Å². The van der Waals surface area contributed by atoms with Crippen molar-refractivity contribution in [3.05, 3.63) is 82.6 Å². The van der Waals surface area contributed by atoms with Crippen LogP contribution in [0, 0.1) is 6.92 Å². The molecule has 0 aliphatic heterocycles. The van der Waals surface area contributed by atoms with Gasteiger partial charge in [0.25, 0.3) is 5.91 Å². The Labute approximate surface area is 156 Å². The molecule has 1 amide bonds. The maximum atomic E-state index is 12.4. The van der Waals surface area contributed by atoms with Crippen molar-refractivity contribution >= 4 is 34.8 Å². The Hall–Kier alpha value is -2.36.